The molecule has 3 N–H and O–H groups in total. The number of thiazole rings is 1. The van der Waals surface area contributed by atoms with Crippen LogP contribution in [-0.4, -0.2) is 46.1 Å². The number of ether oxygens (including phenoxy) is 1. The molecule has 9 heteroatoms. The van der Waals surface area contributed by atoms with Gasteiger partial charge in [0.25, 0.3) is 5.91 Å². The summed E-state index contributed by atoms with van der Waals surface area (Å²) < 4.78 is 7.38. The van der Waals surface area contributed by atoms with E-state index in [4.69, 9.17) is 15.5 Å². The molecule has 1 atom stereocenters. The molecule has 1 fully saturated rings. The van der Waals surface area contributed by atoms with Crippen molar-refractivity contribution in [2.24, 2.45) is 15.8 Å². The van der Waals surface area contributed by atoms with E-state index in [1.54, 1.807) is 35.4 Å². The van der Waals surface area contributed by atoms with Crippen molar-refractivity contribution in [3.63, 3.8) is 0 Å². The van der Waals surface area contributed by atoms with Crippen molar-refractivity contribution >= 4 is 23.5 Å². The number of carbonyl (C=O) groups excluding carboxylic acids is 1. The van der Waals surface area contributed by atoms with Crippen LogP contribution in [-0.2, 0) is 4.74 Å². The second-order valence-corrected chi connectivity index (χ2v) is 7.65. The molecule has 0 radical (unpaired) electrons. The quantitative estimate of drug-likeness (QED) is 0.592. The summed E-state index contributed by atoms with van der Waals surface area (Å²) in [6.45, 7) is 1.34. The summed E-state index contributed by atoms with van der Waals surface area (Å²) in [7, 11) is 0. The Labute approximate surface area is 177 Å². The molecular formula is C21H21N5O3S. The molecule has 154 valence electrons. The summed E-state index contributed by atoms with van der Waals surface area (Å²) in [4.78, 5) is 21.2. The maximum Gasteiger partial charge on any atom is 0.252 e. The number of hydrogen-bond acceptors (Lipinski definition) is 7. The molecule has 4 rings (SSSR count). The van der Waals surface area contributed by atoms with Gasteiger partial charge in [0.2, 0.25) is 4.80 Å². The number of nitrogens with zero attached hydrogens (tertiary/aromatic N) is 4. The van der Waals surface area contributed by atoms with Crippen LogP contribution >= 0.6 is 11.3 Å². The molecule has 30 heavy (non-hydrogen) atoms. The van der Waals surface area contributed by atoms with E-state index in [0.717, 1.165) is 30.7 Å². The number of rotatable bonds is 6. The summed E-state index contributed by atoms with van der Waals surface area (Å²) in [5.74, 6) is -0.853. The first-order valence-corrected chi connectivity index (χ1v) is 10.4. The van der Waals surface area contributed by atoms with Gasteiger partial charge in [-0.2, -0.15) is 5.10 Å². The van der Waals surface area contributed by atoms with Gasteiger partial charge in [0.1, 0.15) is 5.75 Å². The van der Waals surface area contributed by atoms with Crippen LogP contribution in [0.4, 0.5) is 0 Å². The Morgan fingerprint density at radius 3 is 3.07 bits per heavy atom. The number of pyridine rings is 1. The third-order valence-electron chi connectivity index (χ3n) is 4.70. The lowest BCUT2D eigenvalue weighted by molar-refractivity contribution is 0.0997. The molecule has 1 aliphatic heterocycles. The highest BCUT2D eigenvalue weighted by molar-refractivity contribution is 7.07. The molecular weight excluding hydrogens is 402 g/mol. The number of benzene rings is 1. The molecule has 2 aromatic heterocycles. The summed E-state index contributed by atoms with van der Waals surface area (Å²) >= 11 is 1.44. The molecule has 1 unspecified atom stereocenters. The van der Waals surface area contributed by atoms with Gasteiger partial charge in [0.05, 0.1) is 30.1 Å². The molecule has 0 aliphatic carbocycles. The van der Waals surface area contributed by atoms with Crippen LogP contribution in [0.15, 0.2) is 58.2 Å². The Hall–Kier alpha value is -3.30. The van der Waals surface area contributed by atoms with Crippen molar-refractivity contribution < 1.29 is 14.6 Å². The van der Waals surface area contributed by atoms with Gasteiger partial charge < -0.3 is 15.6 Å². The highest BCUT2D eigenvalue weighted by Crippen LogP contribution is 2.26. The summed E-state index contributed by atoms with van der Waals surface area (Å²) in [5.41, 5.74) is 7.71. The molecule has 3 aromatic rings. The number of aromatic hydroxyl groups is 1. The maximum atomic E-state index is 11.6. The van der Waals surface area contributed by atoms with Gasteiger partial charge in [0.15, 0.2) is 0 Å². The van der Waals surface area contributed by atoms with Crippen LogP contribution in [0.5, 0.6) is 5.75 Å². The largest absolute Gasteiger partial charge is 0.507 e. The first-order valence-electron chi connectivity index (χ1n) is 9.52. The van der Waals surface area contributed by atoms with E-state index in [2.05, 4.69) is 10.1 Å². The van der Waals surface area contributed by atoms with Crippen LogP contribution in [0.25, 0.3) is 11.3 Å². The average Bonchev–Trinajstić information content (AvgIpc) is 3.41. The van der Waals surface area contributed by atoms with Crippen LogP contribution in [0.1, 0.15) is 28.8 Å². The number of aromatic nitrogens is 2. The van der Waals surface area contributed by atoms with Gasteiger partial charge in [-0.25, -0.2) is 4.68 Å². The third kappa shape index (κ3) is 4.47. The Balaban J connectivity index is 1.76. The summed E-state index contributed by atoms with van der Waals surface area (Å²) in [6, 6.07) is 8.45. The fourth-order valence-electron chi connectivity index (χ4n) is 3.16. The van der Waals surface area contributed by atoms with Crippen LogP contribution in [0.3, 0.4) is 0 Å². The van der Waals surface area contributed by atoms with Crippen molar-refractivity contribution in [3.8, 4) is 17.0 Å². The first-order chi connectivity index (χ1) is 14.6. The highest BCUT2D eigenvalue weighted by atomic mass is 32.1. The highest BCUT2D eigenvalue weighted by Gasteiger charge is 2.16. The number of amides is 1. The standard InChI is InChI=1S/C21H21N5O3S/c22-20(28)17-9-15(5-6-19(17)27)18-13-30-21(24-12-16-4-2-8-29-16)26(18)25-11-14-3-1-7-23-10-14/h1,3,5-7,9-11,13,16,27H,2,4,8,12H2,(H2,22,28)/b24-21?,25-11+. The minimum absolute atomic E-state index is 0.0549. The Morgan fingerprint density at radius 1 is 1.43 bits per heavy atom. The molecule has 0 spiro atoms. The number of carbonyl (C=O) groups is 1. The predicted molar refractivity (Wildman–Crippen MR) is 115 cm³/mol. The normalized spacial score (nSPS) is 17.1. The number of phenols is 1. The number of nitrogens with two attached hydrogens (primary N) is 1. The Kier molecular flexibility index (Phi) is 6.01. The fourth-order valence-corrected chi connectivity index (χ4v) is 4.00. The molecule has 1 aliphatic rings. The monoisotopic (exact) mass is 423 g/mol. The topological polar surface area (TPSA) is 115 Å². The summed E-state index contributed by atoms with van der Waals surface area (Å²) in [6.07, 6.45) is 7.29. The minimum atomic E-state index is -0.696. The van der Waals surface area contributed by atoms with Gasteiger partial charge >= 0.3 is 0 Å². The van der Waals surface area contributed by atoms with E-state index in [1.165, 1.54) is 17.4 Å². The van der Waals surface area contributed by atoms with Gasteiger partial charge in [-0.1, -0.05) is 6.07 Å². The van der Waals surface area contributed by atoms with Gasteiger partial charge in [0, 0.05) is 35.5 Å². The third-order valence-corrected chi connectivity index (χ3v) is 5.56. The van der Waals surface area contributed by atoms with Crippen LogP contribution in [0.2, 0.25) is 0 Å². The lowest BCUT2D eigenvalue weighted by Gasteiger charge is -2.07. The first kappa shape index (κ1) is 20.0. The second-order valence-electron chi connectivity index (χ2n) is 6.82. The average molecular weight is 423 g/mol. The zero-order chi connectivity index (χ0) is 20.9. The van der Waals surface area contributed by atoms with Crippen molar-refractivity contribution in [2.45, 2.75) is 18.9 Å². The lowest BCUT2D eigenvalue weighted by Crippen LogP contribution is -2.17. The van der Waals surface area contributed by atoms with Gasteiger partial charge in [-0.3, -0.25) is 14.8 Å². The zero-order valence-corrected chi connectivity index (χ0v) is 17.0. The number of primary amides is 1. The van der Waals surface area contributed by atoms with E-state index in [0.29, 0.717) is 16.9 Å². The van der Waals surface area contributed by atoms with Crippen molar-refractivity contribution in [3.05, 3.63) is 64.0 Å². The molecule has 3 heterocycles. The van der Waals surface area contributed by atoms with E-state index in [9.17, 15) is 9.90 Å². The van der Waals surface area contributed by atoms with Crippen molar-refractivity contribution in [2.75, 3.05) is 13.2 Å². The van der Waals surface area contributed by atoms with E-state index in [1.807, 2.05) is 17.5 Å². The van der Waals surface area contributed by atoms with Crippen molar-refractivity contribution in [1.29, 1.82) is 0 Å². The van der Waals surface area contributed by atoms with E-state index < -0.39 is 5.91 Å². The van der Waals surface area contributed by atoms with Gasteiger partial charge in [-0.05, 0) is 37.1 Å². The van der Waals surface area contributed by atoms with Crippen molar-refractivity contribution in [1.82, 2.24) is 9.66 Å². The Morgan fingerprint density at radius 2 is 2.33 bits per heavy atom. The van der Waals surface area contributed by atoms with Crippen LogP contribution in [0, 0.1) is 0 Å². The van der Waals surface area contributed by atoms with Gasteiger partial charge in [-0.15, -0.1) is 11.3 Å². The van der Waals surface area contributed by atoms with Crippen LogP contribution < -0.4 is 10.5 Å². The number of hydrogen-bond donors (Lipinski definition) is 2. The van der Waals surface area contributed by atoms with E-state index >= 15 is 0 Å². The molecule has 1 saturated heterocycles. The molecule has 1 amide bonds. The maximum absolute atomic E-state index is 11.6. The molecule has 1 aromatic carbocycles. The molecule has 0 bridgehead atoms. The lowest BCUT2D eigenvalue weighted by atomic mass is 10.1. The SMILES string of the molecule is NC(=O)c1cc(-c2csc(=NCC3CCCO3)n2/N=C/c2cccnc2)ccc1O. The molecule has 0 saturated carbocycles. The zero-order valence-electron chi connectivity index (χ0n) is 16.1. The smallest absolute Gasteiger partial charge is 0.252 e. The fraction of sp³-hybridized carbons (Fsp3) is 0.238. The van der Waals surface area contributed by atoms with E-state index in [-0.39, 0.29) is 17.4 Å². The predicted octanol–water partition coefficient (Wildman–Crippen LogP) is 2.38. The second kappa shape index (κ2) is 9.02. The Bertz CT molecular complexity index is 1130. The minimum Gasteiger partial charge on any atom is -0.507 e. The summed E-state index contributed by atoms with van der Waals surface area (Å²) in [5, 5.41) is 16.4. The molecule has 8 nitrogen and oxygen atoms in total.